The van der Waals surface area contributed by atoms with Crippen molar-refractivity contribution in [1.82, 2.24) is 15.8 Å². The molecule has 1 aromatic heterocycles. The maximum Gasteiger partial charge on any atom is 0.350 e. The molecule has 1 heterocycles. The number of amides is 2. The van der Waals surface area contributed by atoms with E-state index in [4.69, 9.17) is 16.3 Å². The van der Waals surface area contributed by atoms with Crippen LogP contribution < -0.4 is 10.9 Å². The summed E-state index contributed by atoms with van der Waals surface area (Å²) in [7, 11) is 0. The standard InChI is InChI=1S/C15H14ClN3O4S/c1-8-13(24-9(2)17-8)15(22)23-7-12(20)18-19-14(21)10-3-5-11(16)6-4-10/h3-6H,7H2,1-2H3,(H,18,20)(H,19,21). The molecule has 0 saturated heterocycles. The Labute approximate surface area is 147 Å². The van der Waals surface area contributed by atoms with Gasteiger partial charge in [-0.3, -0.25) is 20.4 Å². The van der Waals surface area contributed by atoms with Crippen LogP contribution in [0, 0.1) is 13.8 Å². The highest BCUT2D eigenvalue weighted by atomic mass is 35.5. The highest BCUT2D eigenvalue weighted by Gasteiger charge is 2.17. The van der Waals surface area contributed by atoms with Crippen molar-refractivity contribution in [2.75, 3.05) is 6.61 Å². The Bertz CT molecular complexity index is 774. The van der Waals surface area contributed by atoms with Crippen LogP contribution in [0.4, 0.5) is 0 Å². The van der Waals surface area contributed by atoms with Gasteiger partial charge in [-0.1, -0.05) is 11.6 Å². The molecular weight excluding hydrogens is 354 g/mol. The van der Waals surface area contributed by atoms with Crippen LogP contribution in [-0.4, -0.2) is 29.4 Å². The topological polar surface area (TPSA) is 97.4 Å². The van der Waals surface area contributed by atoms with Gasteiger partial charge in [0.25, 0.3) is 11.8 Å². The van der Waals surface area contributed by atoms with E-state index in [1.165, 1.54) is 23.5 Å². The van der Waals surface area contributed by atoms with Crippen molar-refractivity contribution < 1.29 is 19.1 Å². The number of halogens is 1. The average Bonchev–Trinajstić information content (AvgIpc) is 2.89. The molecule has 0 bridgehead atoms. The predicted octanol–water partition coefficient (Wildman–Crippen LogP) is 2.03. The number of hydrazine groups is 1. The van der Waals surface area contributed by atoms with Crippen LogP contribution in [0.2, 0.25) is 5.02 Å². The molecule has 9 heteroatoms. The lowest BCUT2D eigenvalue weighted by atomic mass is 10.2. The largest absolute Gasteiger partial charge is 0.451 e. The zero-order chi connectivity index (χ0) is 17.7. The molecule has 0 saturated carbocycles. The van der Waals surface area contributed by atoms with Crippen molar-refractivity contribution in [1.29, 1.82) is 0 Å². The number of aromatic nitrogens is 1. The van der Waals surface area contributed by atoms with E-state index in [1.54, 1.807) is 26.0 Å². The molecule has 0 aliphatic rings. The molecule has 2 N–H and O–H groups in total. The summed E-state index contributed by atoms with van der Waals surface area (Å²) in [6.45, 7) is 2.94. The molecule has 126 valence electrons. The van der Waals surface area contributed by atoms with Gasteiger partial charge in [-0.05, 0) is 38.1 Å². The molecule has 0 atom stereocenters. The van der Waals surface area contributed by atoms with E-state index < -0.39 is 24.4 Å². The number of nitrogens with zero attached hydrogens (tertiary/aromatic N) is 1. The van der Waals surface area contributed by atoms with Gasteiger partial charge in [0.1, 0.15) is 4.88 Å². The highest BCUT2D eigenvalue weighted by Crippen LogP contribution is 2.17. The summed E-state index contributed by atoms with van der Waals surface area (Å²) >= 11 is 6.92. The summed E-state index contributed by atoms with van der Waals surface area (Å²) in [5.41, 5.74) is 5.26. The van der Waals surface area contributed by atoms with E-state index in [9.17, 15) is 14.4 Å². The van der Waals surface area contributed by atoms with Gasteiger partial charge in [-0.25, -0.2) is 9.78 Å². The number of thiazole rings is 1. The van der Waals surface area contributed by atoms with Crippen molar-refractivity contribution >= 4 is 40.7 Å². The summed E-state index contributed by atoms with van der Waals surface area (Å²) in [5, 5.41) is 1.23. The van der Waals surface area contributed by atoms with Crippen molar-refractivity contribution in [3.63, 3.8) is 0 Å². The van der Waals surface area contributed by atoms with Crippen molar-refractivity contribution in [3.05, 3.63) is 50.4 Å². The van der Waals surface area contributed by atoms with E-state index in [1.807, 2.05) is 0 Å². The normalized spacial score (nSPS) is 10.1. The zero-order valence-corrected chi connectivity index (χ0v) is 14.5. The Morgan fingerprint density at radius 2 is 1.83 bits per heavy atom. The molecule has 1 aromatic carbocycles. The monoisotopic (exact) mass is 367 g/mol. The number of aryl methyl sites for hydroxylation is 2. The maximum atomic E-state index is 11.8. The van der Waals surface area contributed by atoms with Crippen molar-refractivity contribution in [3.8, 4) is 0 Å². The maximum absolute atomic E-state index is 11.8. The third kappa shape index (κ3) is 4.77. The third-order valence-electron chi connectivity index (χ3n) is 2.85. The van der Waals surface area contributed by atoms with Crippen LogP contribution in [-0.2, 0) is 9.53 Å². The summed E-state index contributed by atoms with van der Waals surface area (Å²) in [6.07, 6.45) is 0. The lowest BCUT2D eigenvalue weighted by Crippen LogP contribution is -2.43. The van der Waals surface area contributed by atoms with E-state index >= 15 is 0 Å². The molecule has 0 spiro atoms. The molecule has 2 aromatic rings. The fourth-order valence-corrected chi connectivity index (χ4v) is 2.69. The Hall–Kier alpha value is -2.45. The smallest absolute Gasteiger partial charge is 0.350 e. The quantitative estimate of drug-likeness (QED) is 0.636. The third-order valence-corrected chi connectivity index (χ3v) is 4.15. The molecule has 0 fully saturated rings. The van der Waals surface area contributed by atoms with E-state index in [-0.39, 0.29) is 0 Å². The number of ether oxygens (including phenoxy) is 1. The lowest BCUT2D eigenvalue weighted by Gasteiger charge is -2.08. The summed E-state index contributed by atoms with van der Waals surface area (Å²) in [6, 6.07) is 6.14. The fourth-order valence-electron chi connectivity index (χ4n) is 1.75. The molecule has 0 aliphatic heterocycles. The van der Waals surface area contributed by atoms with E-state index in [2.05, 4.69) is 15.8 Å². The first-order valence-corrected chi connectivity index (χ1v) is 8.02. The molecule has 0 unspecified atom stereocenters. The molecular formula is C15H14ClN3O4S. The minimum atomic E-state index is -0.662. The van der Waals surface area contributed by atoms with Gasteiger partial charge < -0.3 is 4.74 Å². The number of hydrogen-bond donors (Lipinski definition) is 2. The number of carbonyl (C=O) groups is 3. The van der Waals surface area contributed by atoms with Gasteiger partial charge >= 0.3 is 5.97 Å². The van der Waals surface area contributed by atoms with E-state index in [0.717, 1.165) is 5.01 Å². The number of rotatable bonds is 4. The Kier molecular flexibility index (Phi) is 5.88. The summed E-state index contributed by atoms with van der Waals surface area (Å²) in [4.78, 5) is 39.7. The number of carbonyl (C=O) groups excluding carboxylic acids is 3. The lowest BCUT2D eigenvalue weighted by molar-refractivity contribution is -0.125. The van der Waals surface area contributed by atoms with Crippen LogP contribution in [0.15, 0.2) is 24.3 Å². The second-order valence-electron chi connectivity index (χ2n) is 4.73. The minimum Gasteiger partial charge on any atom is -0.451 e. The van der Waals surface area contributed by atoms with Gasteiger partial charge in [-0.2, -0.15) is 0 Å². The van der Waals surface area contributed by atoms with Gasteiger partial charge in [0.2, 0.25) is 0 Å². The molecule has 7 nitrogen and oxygen atoms in total. The van der Waals surface area contributed by atoms with Crippen LogP contribution in [0.1, 0.15) is 30.7 Å². The van der Waals surface area contributed by atoms with Crippen molar-refractivity contribution in [2.24, 2.45) is 0 Å². The first kappa shape index (κ1) is 17.9. The van der Waals surface area contributed by atoms with Crippen LogP contribution in [0.25, 0.3) is 0 Å². The first-order chi connectivity index (χ1) is 11.4. The molecule has 0 aliphatic carbocycles. The van der Waals surface area contributed by atoms with Crippen LogP contribution in [0.5, 0.6) is 0 Å². The number of nitrogens with one attached hydrogen (secondary N) is 2. The van der Waals surface area contributed by atoms with Crippen LogP contribution in [0.3, 0.4) is 0 Å². The molecule has 2 rings (SSSR count). The summed E-state index contributed by atoms with van der Waals surface area (Å²) in [5.74, 6) is -1.80. The first-order valence-electron chi connectivity index (χ1n) is 6.82. The molecule has 0 radical (unpaired) electrons. The SMILES string of the molecule is Cc1nc(C)c(C(=O)OCC(=O)NNC(=O)c2ccc(Cl)cc2)s1. The van der Waals surface area contributed by atoms with E-state index in [0.29, 0.717) is 21.2 Å². The Morgan fingerprint density at radius 3 is 2.42 bits per heavy atom. The molecule has 24 heavy (non-hydrogen) atoms. The van der Waals surface area contributed by atoms with Gasteiger partial charge in [0, 0.05) is 10.6 Å². The van der Waals surface area contributed by atoms with Gasteiger partial charge in [0.15, 0.2) is 6.61 Å². The second kappa shape index (κ2) is 7.89. The fraction of sp³-hybridized carbons (Fsp3) is 0.200. The average molecular weight is 368 g/mol. The second-order valence-corrected chi connectivity index (χ2v) is 6.37. The number of benzene rings is 1. The minimum absolute atomic E-state index is 0.326. The van der Waals surface area contributed by atoms with Crippen LogP contribution >= 0.6 is 22.9 Å². The summed E-state index contributed by atoms with van der Waals surface area (Å²) < 4.78 is 4.89. The van der Waals surface area contributed by atoms with Gasteiger partial charge in [-0.15, -0.1) is 11.3 Å². The molecule has 2 amide bonds. The van der Waals surface area contributed by atoms with Gasteiger partial charge in [0.05, 0.1) is 10.7 Å². The Morgan fingerprint density at radius 1 is 1.17 bits per heavy atom. The Balaban J connectivity index is 1.79. The predicted molar refractivity (Wildman–Crippen MR) is 88.9 cm³/mol. The zero-order valence-electron chi connectivity index (χ0n) is 12.9. The number of esters is 1. The number of hydrogen-bond acceptors (Lipinski definition) is 6. The van der Waals surface area contributed by atoms with Crippen molar-refractivity contribution in [2.45, 2.75) is 13.8 Å². The highest BCUT2D eigenvalue weighted by molar-refractivity contribution is 7.13.